The molecule has 0 unspecified atom stereocenters. The van der Waals surface area contributed by atoms with Crippen LogP contribution in [0.2, 0.25) is 0 Å². The maximum Gasteiger partial charge on any atom is 0.416 e. The number of halogens is 3. The Morgan fingerprint density at radius 3 is 2.42 bits per heavy atom. The van der Waals surface area contributed by atoms with Crippen LogP contribution in [0.25, 0.3) is 11.4 Å². The fraction of sp³-hybridized carbons (Fsp3) is 0.435. The molecule has 1 fully saturated rings. The molecule has 0 spiro atoms. The lowest BCUT2D eigenvalue weighted by molar-refractivity contribution is -0.137. The predicted molar refractivity (Wildman–Crippen MR) is 110 cm³/mol. The van der Waals surface area contributed by atoms with Crippen molar-refractivity contribution in [3.8, 4) is 11.4 Å². The topological polar surface area (TPSA) is 52.8 Å². The van der Waals surface area contributed by atoms with Gasteiger partial charge in [-0.2, -0.15) is 18.0 Å². The molecule has 0 amide bonds. The van der Waals surface area contributed by atoms with Crippen molar-refractivity contribution in [1.29, 1.82) is 0 Å². The lowest BCUT2D eigenvalue weighted by atomic mass is 9.70. The first-order valence-corrected chi connectivity index (χ1v) is 10.4. The Morgan fingerprint density at radius 1 is 1.03 bits per heavy atom. The minimum Gasteiger partial charge on any atom is -0.376 e. The van der Waals surface area contributed by atoms with E-state index in [2.05, 4.69) is 27.5 Å². The zero-order chi connectivity index (χ0) is 21.9. The second-order valence-electron chi connectivity index (χ2n) is 8.22. The van der Waals surface area contributed by atoms with Gasteiger partial charge in [0.15, 0.2) is 0 Å². The largest absolute Gasteiger partial charge is 0.416 e. The summed E-state index contributed by atoms with van der Waals surface area (Å²) in [5.41, 5.74) is 1.12. The summed E-state index contributed by atoms with van der Waals surface area (Å²) in [4.78, 5) is 1.22. The van der Waals surface area contributed by atoms with E-state index in [1.54, 1.807) is 13.1 Å². The Bertz CT molecular complexity index is 1010. The van der Waals surface area contributed by atoms with Crippen molar-refractivity contribution < 1.29 is 17.9 Å². The third-order valence-electron chi connectivity index (χ3n) is 5.93. The van der Waals surface area contributed by atoms with Crippen LogP contribution in [0, 0.1) is 0 Å². The van der Waals surface area contributed by atoms with Gasteiger partial charge in [-0.05, 0) is 47.4 Å². The minimum atomic E-state index is -4.47. The fourth-order valence-corrected chi connectivity index (χ4v) is 4.37. The maximum absolute atomic E-state index is 13.5. The summed E-state index contributed by atoms with van der Waals surface area (Å²) in [7, 11) is 1.57. The van der Waals surface area contributed by atoms with Crippen LogP contribution in [0.3, 0.4) is 0 Å². The molecule has 1 aliphatic carbocycles. The van der Waals surface area contributed by atoms with E-state index in [0.29, 0.717) is 12.2 Å². The molecule has 1 aliphatic rings. The Labute approximate surface area is 179 Å². The van der Waals surface area contributed by atoms with Crippen LogP contribution in [-0.4, -0.2) is 26.8 Å². The molecule has 0 radical (unpaired) electrons. The summed E-state index contributed by atoms with van der Waals surface area (Å²) < 4.78 is 46.4. The highest BCUT2D eigenvalue weighted by Gasteiger charge is 2.34. The van der Waals surface area contributed by atoms with Gasteiger partial charge >= 0.3 is 6.18 Å². The van der Waals surface area contributed by atoms with Gasteiger partial charge in [0.25, 0.3) is 0 Å². The van der Waals surface area contributed by atoms with Crippen molar-refractivity contribution in [2.75, 3.05) is 6.61 Å². The molecule has 164 valence electrons. The van der Waals surface area contributed by atoms with Crippen molar-refractivity contribution in [2.24, 2.45) is 7.05 Å². The van der Waals surface area contributed by atoms with E-state index in [-0.39, 0.29) is 23.4 Å². The zero-order valence-electron chi connectivity index (χ0n) is 17.4. The molecule has 2 aromatic carbocycles. The van der Waals surface area contributed by atoms with Crippen LogP contribution < -0.4 is 0 Å². The van der Waals surface area contributed by atoms with Crippen LogP contribution in [-0.2, 0) is 30.0 Å². The summed E-state index contributed by atoms with van der Waals surface area (Å²) in [6, 6.07) is 14.1. The highest BCUT2D eigenvalue weighted by atomic mass is 19.4. The van der Waals surface area contributed by atoms with Crippen molar-refractivity contribution in [3.05, 3.63) is 65.2 Å². The zero-order valence-corrected chi connectivity index (χ0v) is 17.4. The molecule has 5 nitrogen and oxygen atoms in total. The van der Waals surface area contributed by atoms with Crippen molar-refractivity contribution in [2.45, 2.75) is 50.3 Å². The van der Waals surface area contributed by atoms with E-state index in [9.17, 15) is 13.2 Å². The van der Waals surface area contributed by atoms with Crippen LogP contribution in [0.15, 0.2) is 48.5 Å². The number of benzene rings is 2. The summed E-state index contributed by atoms with van der Waals surface area (Å²) in [5.74, 6) is 0.155. The van der Waals surface area contributed by atoms with Gasteiger partial charge in [0.1, 0.15) is 0 Å². The van der Waals surface area contributed by atoms with Crippen molar-refractivity contribution in [1.82, 2.24) is 20.2 Å². The number of alkyl halides is 3. The van der Waals surface area contributed by atoms with E-state index >= 15 is 0 Å². The predicted octanol–water partition coefficient (Wildman–Crippen LogP) is 5.31. The number of rotatable bonds is 6. The monoisotopic (exact) mass is 430 g/mol. The van der Waals surface area contributed by atoms with Gasteiger partial charge in [-0.15, -0.1) is 10.2 Å². The smallest absolute Gasteiger partial charge is 0.376 e. The minimum absolute atomic E-state index is 0.0869. The Morgan fingerprint density at radius 2 is 1.77 bits per heavy atom. The molecule has 1 saturated carbocycles. The fourth-order valence-electron chi connectivity index (χ4n) is 4.37. The van der Waals surface area contributed by atoms with E-state index < -0.39 is 11.7 Å². The van der Waals surface area contributed by atoms with Crippen molar-refractivity contribution >= 4 is 0 Å². The molecule has 4 rings (SSSR count). The highest BCUT2D eigenvalue weighted by molar-refractivity contribution is 5.57. The number of tetrazole rings is 1. The lowest BCUT2D eigenvalue weighted by Crippen LogP contribution is -2.34. The SMILES string of the molecule is Cn1nnc(-c2cc(COCC3(c4ccccc4)CCCCC3)cc(C(F)(F)F)c2)n1. The first-order chi connectivity index (χ1) is 14.9. The Balaban J connectivity index is 1.56. The van der Waals surface area contributed by atoms with E-state index in [1.807, 2.05) is 18.2 Å². The summed E-state index contributed by atoms with van der Waals surface area (Å²) in [6.07, 6.45) is 1.04. The van der Waals surface area contributed by atoms with Crippen LogP contribution in [0.1, 0.15) is 48.8 Å². The average Bonchev–Trinajstić information content (AvgIpc) is 3.21. The second-order valence-corrected chi connectivity index (χ2v) is 8.22. The molecule has 0 atom stereocenters. The highest BCUT2D eigenvalue weighted by Crippen LogP contribution is 2.40. The average molecular weight is 430 g/mol. The molecule has 1 heterocycles. The standard InChI is InChI=1S/C23H25F3N4O/c1-30-28-21(27-29-30)18-12-17(13-20(14-18)23(24,25)26)15-31-16-22(10-6-3-7-11-22)19-8-4-2-5-9-19/h2,4-5,8-9,12-14H,3,6-7,10-11,15-16H2,1H3. The molecule has 1 aromatic heterocycles. The van der Waals surface area contributed by atoms with Gasteiger partial charge in [0.05, 0.1) is 25.8 Å². The van der Waals surface area contributed by atoms with Gasteiger partial charge < -0.3 is 4.74 Å². The van der Waals surface area contributed by atoms with Gasteiger partial charge in [-0.3, -0.25) is 0 Å². The third kappa shape index (κ3) is 4.95. The lowest BCUT2D eigenvalue weighted by Gasteiger charge is -2.37. The van der Waals surface area contributed by atoms with Gasteiger partial charge in [-0.25, -0.2) is 0 Å². The summed E-state index contributed by atoms with van der Waals surface area (Å²) in [5, 5.41) is 11.6. The molecule has 0 N–H and O–H groups in total. The van der Waals surface area contributed by atoms with Crippen LogP contribution in [0.4, 0.5) is 13.2 Å². The maximum atomic E-state index is 13.5. The molecule has 0 aliphatic heterocycles. The number of nitrogens with zero attached hydrogens (tertiary/aromatic N) is 4. The molecule has 0 bridgehead atoms. The second kappa shape index (κ2) is 8.78. The van der Waals surface area contributed by atoms with Gasteiger partial charge in [-0.1, -0.05) is 49.6 Å². The summed E-state index contributed by atoms with van der Waals surface area (Å²) in [6.45, 7) is 0.567. The van der Waals surface area contributed by atoms with Gasteiger partial charge in [0.2, 0.25) is 5.82 Å². The number of hydrogen-bond donors (Lipinski definition) is 0. The van der Waals surface area contributed by atoms with Crippen molar-refractivity contribution in [3.63, 3.8) is 0 Å². The molecule has 31 heavy (non-hydrogen) atoms. The molecule has 8 heteroatoms. The summed E-state index contributed by atoms with van der Waals surface area (Å²) >= 11 is 0. The molecule has 0 saturated heterocycles. The quantitative estimate of drug-likeness (QED) is 0.532. The van der Waals surface area contributed by atoms with E-state index in [4.69, 9.17) is 4.74 Å². The molecule has 3 aromatic rings. The molecular weight excluding hydrogens is 405 g/mol. The first-order valence-electron chi connectivity index (χ1n) is 10.4. The van der Waals surface area contributed by atoms with E-state index in [0.717, 1.165) is 37.8 Å². The molecular formula is C23H25F3N4O. The third-order valence-corrected chi connectivity index (χ3v) is 5.93. The van der Waals surface area contributed by atoms with E-state index in [1.165, 1.54) is 16.8 Å². The number of aromatic nitrogens is 4. The first kappa shape index (κ1) is 21.5. The Kier molecular flexibility index (Phi) is 6.09. The normalized spacial score (nSPS) is 16.4. The van der Waals surface area contributed by atoms with Crippen LogP contribution >= 0.6 is 0 Å². The van der Waals surface area contributed by atoms with Crippen LogP contribution in [0.5, 0.6) is 0 Å². The number of aryl methyl sites for hydroxylation is 1. The Hall–Kier alpha value is -2.74. The number of ether oxygens (including phenoxy) is 1. The number of hydrogen-bond acceptors (Lipinski definition) is 4. The van der Waals surface area contributed by atoms with Gasteiger partial charge in [0, 0.05) is 11.0 Å².